The minimum absolute atomic E-state index is 0.0437. The van der Waals surface area contributed by atoms with E-state index in [4.69, 9.17) is 0 Å². The lowest BCUT2D eigenvalue weighted by Gasteiger charge is -2.34. The molecule has 1 saturated heterocycles. The molecule has 2 amide bonds. The van der Waals surface area contributed by atoms with Gasteiger partial charge in [-0.05, 0) is 35.9 Å². The van der Waals surface area contributed by atoms with E-state index in [1.54, 1.807) is 16.0 Å². The van der Waals surface area contributed by atoms with Crippen LogP contribution in [-0.4, -0.2) is 77.8 Å². The number of benzene rings is 1. The number of tetrazole rings is 1. The number of carbonyl (C=O) groups excluding carboxylic acids is 2. The van der Waals surface area contributed by atoms with Gasteiger partial charge in [0.2, 0.25) is 5.91 Å². The highest BCUT2D eigenvalue weighted by molar-refractivity contribution is 5.95. The Balaban J connectivity index is 1.43. The number of rotatable bonds is 5. The second-order valence-corrected chi connectivity index (χ2v) is 7.29. The average Bonchev–Trinajstić information content (AvgIpc) is 3.43. The molecule has 1 aliphatic heterocycles. The van der Waals surface area contributed by atoms with Crippen LogP contribution in [0.1, 0.15) is 28.5 Å². The van der Waals surface area contributed by atoms with Crippen LogP contribution in [0.15, 0.2) is 36.8 Å². The van der Waals surface area contributed by atoms with Crippen molar-refractivity contribution in [1.29, 1.82) is 0 Å². The van der Waals surface area contributed by atoms with E-state index in [2.05, 4.69) is 20.6 Å². The first-order valence-electron chi connectivity index (χ1n) is 9.98. The number of piperazine rings is 1. The summed E-state index contributed by atoms with van der Waals surface area (Å²) in [6.07, 6.45) is 3.76. The average molecular weight is 408 g/mol. The van der Waals surface area contributed by atoms with Crippen LogP contribution in [0.5, 0.6) is 0 Å². The zero-order chi connectivity index (χ0) is 21.1. The number of aromatic nitrogens is 6. The third kappa shape index (κ3) is 3.93. The van der Waals surface area contributed by atoms with E-state index in [0.29, 0.717) is 38.2 Å². The summed E-state index contributed by atoms with van der Waals surface area (Å²) in [7, 11) is 0. The summed E-state index contributed by atoms with van der Waals surface area (Å²) in [5.41, 5.74) is 3.62. The Morgan fingerprint density at radius 3 is 2.37 bits per heavy atom. The topological polar surface area (TPSA) is 102 Å². The highest BCUT2D eigenvalue weighted by Crippen LogP contribution is 2.19. The standard InChI is InChI=1S/C20H24N8O2/c1-3-18-17(12-22-28(18)16-6-4-15(2)5-7-16)20(30)26-10-8-25(9-11-26)19(29)13-27-14-21-23-24-27/h4-7,12,14H,3,8-11,13H2,1-2H3. The second kappa shape index (κ2) is 8.44. The van der Waals surface area contributed by atoms with Gasteiger partial charge in [0.1, 0.15) is 12.9 Å². The van der Waals surface area contributed by atoms with Gasteiger partial charge in [0.05, 0.1) is 23.1 Å². The van der Waals surface area contributed by atoms with Gasteiger partial charge in [-0.1, -0.05) is 24.6 Å². The van der Waals surface area contributed by atoms with Crippen molar-refractivity contribution in [2.45, 2.75) is 26.8 Å². The molecule has 30 heavy (non-hydrogen) atoms. The largest absolute Gasteiger partial charge is 0.338 e. The molecule has 10 nitrogen and oxygen atoms in total. The van der Waals surface area contributed by atoms with Crippen molar-refractivity contribution < 1.29 is 9.59 Å². The molecule has 2 aromatic heterocycles. The molecule has 4 rings (SSSR count). The van der Waals surface area contributed by atoms with Gasteiger partial charge >= 0.3 is 0 Å². The van der Waals surface area contributed by atoms with Gasteiger partial charge in [0.25, 0.3) is 5.91 Å². The number of carbonyl (C=O) groups is 2. The molecule has 156 valence electrons. The second-order valence-electron chi connectivity index (χ2n) is 7.29. The van der Waals surface area contributed by atoms with E-state index in [1.165, 1.54) is 16.6 Å². The van der Waals surface area contributed by atoms with Crippen molar-refractivity contribution in [2.24, 2.45) is 0 Å². The van der Waals surface area contributed by atoms with E-state index in [-0.39, 0.29) is 18.4 Å². The molecule has 0 atom stereocenters. The van der Waals surface area contributed by atoms with E-state index >= 15 is 0 Å². The Morgan fingerprint density at radius 1 is 1.03 bits per heavy atom. The first-order valence-corrected chi connectivity index (χ1v) is 9.98. The Labute approximate surface area is 174 Å². The van der Waals surface area contributed by atoms with Gasteiger partial charge in [0.15, 0.2) is 0 Å². The lowest BCUT2D eigenvalue weighted by Crippen LogP contribution is -2.51. The molecule has 3 heterocycles. The van der Waals surface area contributed by atoms with Gasteiger partial charge < -0.3 is 9.80 Å². The van der Waals surface area contributed by atoms with Crippen molar-refractivity contribution in [2.75, 3.05) is 26.2 Å². The Morgan fingerprint density at radius 2 is 1.73 bits per heavy atom. The summed E-state index contributed by atoms with van der Waals surface area (Å²) in [5.74, 6) is -0.103. The van der Waals surface area contributed by atoms with Crippen LogP contribution in [0.2, 0.25) is 0 Å². The lowest BCUT2D eigenvalue weighted by molar-refractivity contribution is -0.133. The first kappa shape index (κ1) is 19.7. The molecule has 0 radical (unpaired) electrons. The van der Waals surface area contributed by atoms with Crippen LogP contribution >= 0.6 is 0 Å². The maximum Gasteiger partial charge on any atom is 0.257 e. The summed E-state index contributed by atoms with van der Waals surface area (Å²) in [5, 5.41) is 15.3. The zero-order valence-corrected chi connectivity index (χ0v) is 17.1. The minimum atomic E-state index is -0.0594. The normalized spacial score (nSPS) is 14.2. The Bertz CT molecular complexity index is 1020. The summed E-state index contributed by atoms with van der Waals surface area (Å²) in [6.45, 7) is 6.10. The fraction of sp³-hybridized carbons (Fsp3) is 0.400. The SMILES string of the molecule is CCc1c(C(=O)N2CCN(C(=O)Cn3cnnn3)CC2)cnn1-c1ccc(C)cc1. The quantitative estimate of drug-likeness (QED) is 0.616. The van der Waals surface area contributed by atoms with Gasteiger partial charge in [-0.25, -0.2) is 9.36 Å². The molecule has 10 heteroatoms. The summed E-state index contributed by atoms with van der Waals surface area (Å²) >= 11 is 0. The zero-order valence-electron chi connectivity index (χ0n) is 17.1. The van der Waals surface area contributed by atoms with E-state index in [1.807, 2.05) is 42.8 Å². The molecule has 3 aromatic rings. The van der Waals surface area contributed by atoms with E-state index in [9.17, 15) is 9.59 Å². The summed E-state index contributed by atoms with van der Waals surface area (Å²) < 4.78 is 3.23. The molecule has 1 aliphatic rings. The Hall–Kier alpha value is -3.56. The van der Waals surface area contributed by atoms with Crippen LogP contribution < -0.4 is 0 Å². The van der Waals surface area contributed by atoms with Crippen LogP contribution in [0.3, 0.4) is 0 Å². The molecule has 0 bridgehead atoms. The lowest BCUT2D eigenvalue weighted by atomic mass is 10.1. The van der Waals surface area contributed by atoms with Gasteiger partial charge in [-0.3, -0.25) is 9.59 Å². The van der Waals surface area contributed by atoms with Crippen molar-refractivity contribution in [3.05, 3.63) is 53.6 Å². The van der Waals surface area contributed by atoms with Crippen LogP contribution in [0.4, 0.5) is 0 Å². The molecular formula is C20H24N8O2. The molecule has 0 unspecified atom stereocenters. The fourth-order valence-corrected chi connectivity index (χ4v) is 3.62. The fourth-order valence-electron chi connectivity index (χ4n) is 3.62. The van der Waals surface area contributed by atoms with Crippen molar-refractivity contribution in [3.63, 3.8) is 0 Å². The molecule has 0 spiro atoms. The first-order chi connectivity index (χ1) is 14.6. The maximum atomic E-state index is 13.1. The highest BCUT2D eigenvalue weighted by Gasteiger charge is 2.27. The molecule has 0 saturated carbocycles. The third-order valence-electron chi connectivity index (χ3n) is 5.32. The van der Waals surface area contributed by atoms with Crippen LogP contribution in [0.25, 0.3) is 5.69 Å². The number of aryl methyl sites for hydroxylation is 1. The van der Waals surface area contributed by atoms with Crippen molar-refractivity contribution in [3.8, 4) is 5.69 Å². The molecule has 0 N–H and O–H groups in total. The Kier molecular flexibility index (Phi) is 5.55. The van der Waals surface area contributed by atoms with Crippen molar-refractivity contribution in [1.82, 2.24) is 39.8 Å². The third-order valence-corrected chi connectivity index (χ3v) is 5.32. The van der Waals surface area contributed by atoms with Gasteiger partial charge in [0, 0.05) is 26.2 Å². The number of nitrogens with zero attached hydrogens (tertiary/aromatic N) is 8. The predicted molar refractivity (Wildman–Crippen MR) is 108 cm³/mol. The van der Waals surface area contributed by atoms with E-state index < -0.39 is 0 Å². The highest BCUT2D eigenvalue weighted by atomic mass is 16.2. The molecule has 1 fully saturated rings. The predicted octanol–water partition coefficient (Wildman–Crippen LogP) is 0.714. The number of hydrogen-bond acceptors (Lipinski definition) is 6. The summed E-state index contributed by atoms with van der Waals surface area (Å²) in [4.78, 5) is 29.1. The summed E-state index contributed by atoms with van der Waals surface area (Å²) in [6, 6.07) is 8.07. The molecule has 0 aliphatic carbocycles. The number of amides is 2. The van der Waals surface area contributed by atoms with Gasteiger partial charge in [-0.2, -0.15) is 5.10 Å². The molecule has 1 aromatic carbocycles. The maximum absolute atomic E-state index is 13.1. The smallest absolute Gasteiger partial charge is 0.257 e. The van der Waals surface area contributed by atoms with Gasteiger partial charge in [-0.15, -0.1) is 5.10 Å². The molecular weight excluding hydrogens is 384 g/mol. The number of hydrogen-bond donors (Lipinski definition) is 0. The van der Waals surface area contributed by atoms with Crippen LogP contribution in [0, 0.1) is 6.92 Å². The minimum Gasteiger partial charge on any atom is -0.338 e. The van der Waals surface area contributed by atoms with E-state index in [0.717, 1.165) is 11.4 Å². The van der Waals surface area contributed by atoms with Crippen LogP contribution in [-0.2, 0) is 17.8 Å². The van der Waals surface area contributed by atoms with Crippen molar-refractivity contribution >= 4 is 11.8 Å². The monoisotopic (exact) mass is 408 g/mol.